The molecule has 1 aliphatic rings. The molecule has 1 aliphatic heterocycles. The molecule has 7 heteroatoms. The van der Waals surface area contributed by atoms with E-state index in [0.29, 0.717) is 0 Å². The molecule has 21 heavy (non-hydrogen) atoms. The second-order valence-electron chi connectivity index (χ2n) is 4.15. The molecule has 2 heterocycles. The van der Waals surface area contributed by atoms with Crippen LogP contribution in [0.4, 0.5) is 0 Å². The Morgan fingerprint density at radius 1 is 1.10 bits per heavy atom. The summed E-state index contributed by atoms with van der Waals surface area (Å²) in [5.74, 6) is -2.30. The van der Waals surface area contributed by atoms with Crippen molar-refractivity contribution in [2.45, 2.75) is 12.8 Å². The number of aromatic amines is 1. The Bertz CT molecular complexity index is 805. The van der Waals surface area contributed by atoms with E-state index < -0.39 is 23.9 Å². The molecular weight excluding hydrogens is 278 g/mol. The van der Waals surface area contributed by atoms with Crippen LogP contribution in [0.25, 0.3) is 12.3 Å². The van der Waals surface area contributed by atoms with Crippen molar-refractivity contribution in [1.82, 2.24) is 4.98 Å². The monoisotopic (exact) mass is 289 g/mol. The number of cyclic esters (lactones) is 1. The first kappa shape index (κ1) is 14.4. The van der Waals surface area contributed by atoms with E-state index in [1.54, 1.807) is 0 Å². The fourth-order valence-corrected chi connectivity index (χ4v) is 1.56. The Hall–Kier alpha value is -2.96. The molecule has 0 aromatic carbocycles. The smallest absolute Gasteiger partial charge is 0.417 e. The average molecular weight is 289 g/mol. The molecule has 0 aliphatic carbocycles. The zero-order chi connectivity index (χ0) is 15.2. The molecule has 7 nitrogen and oxygen atoms in total. The van der Waals surface area contributed by atoms with Crippen molar-refractivity contribution in [2.75, 3.05) is 0 Å². The fourth-order valence-electron chi connectivity index (χ4n) is 1.56. The Kier molecular flexibility index (Phi) is 4.45. The third-order valence-corrected chi connectivity index (χ3v) is 2.48. The van der Waals surface area contributed by atoms with Gasteiger partial charge in [-0.15, -0.1) is 0 Å². The number of Topliss-reactive ketones (excluding diaryl/α,β-unsaturated/α-hetero) is 1. The predicted molar refractivity (Wildman–Crippen MR) is 71.1 cm³/mol. The predicted octanol–water partition coefficient (Wildman–Crippen LogP) is -0.926. The third-order valence-electron chi connectivity index (χ3n) is 2.48. The van der Waals surface area contributed by atoms with Crippen molar-refractivity contribution in [1.29, 1.82) is 0 Å². The first-order valence-electron chi connectivity index (χ1n) is 6.04. The van der Waals surface area contributed by atoms with Crippen LogP contribution in [-0.4, -0.2) is 22.5 Å². The van der Waals surface area contributed by atoms with Crippen LogP contribution in [0.15, 0.2) is 33.5 Å². The summed E-state index contributed by atoms with van der Waals surface area (Å²) in [5, 5.41) is 0.0785. The number of hydrogen-bond acceptors (Lipinski definition) is 6. The van der Waals surface area contributed by atoms with Crippen LogP contribution < -0.4 is 16.5 Å². The molecule has 2 rings (SSSR count). The lowest BCUT2D eigenvalue weighted by atomic mass is 10.2. The van der Waals surface area contributed by atoms with E-state index in [-0.39, 0.29) is 23.0 Å². The van der Waals surface area contributed by atoms with Crippen molar-refractivity contribution in [3.05, 3.63) is 45.6 Å². The van der Waals surface area contributed by atoms with Crippen LogP contribution in [0.5, 0.6) is 0 Å². The zero-order valence-corrected chi connectivity index (χ0v) is 10.8. The van der Waals surface area contributed by atoms with E-state index in [9.17, 15) is 19.2 Å². The first-order chi connectivity index (χ1) is 10.0. The van der Waals surface area contributed by atoms with Crippen LogP contribution >= 0.6 is 0 Å². The highest BCUT2D eigenvalue weighted by atomic mass is 16.5. The standard InChI is InChI=1S/C14H11NO6/c16-9-4-2-1-3-5-10(17)7-13(18)20-8-12-11(6-9)15-14(19)21-12/h1-4,6,8H,5,7H2,(H,15,19)/b3-1+,4-2+,11-6+,12-8-. The molecule has 1 N–H and O–H groups in total. The number of hydrogen-bond donors (Lipinski definition) is 1. The normalized spacial score (nSPS) is 22.8. The molecule has 1 aromatic rings. The van der Waals surface area contributed by atoms with Crippen molar-refractivity contribution in [3.63, 3.8) is 0 Å². The summed E-state index contributed by atoms with van der Waals surface area (Å²) >= 11 is 0. The van der Waals surface area contributed by atoms with Gasteiger partial charge in [-0.05, 0) is 6.08 Å². The minimum Gasteiger partial charge on any atom is -0.430 e. The molecule has 0 unspecified atom stereocenters. The largest absolute Gasteiger partial charge is 0.430 e. The number of ether oxygens (including phenoxy) is 1. The first-order valence-corrected chi connectivity index (χ1v) is 6.04. The van der Waals surface area contributed by atoms with E-state index in [2.05, 4.69) is 4.98 Å². The molecular formula is C14H11NO6. The molecule has 0 saturated carbocycles. The van der Waals surface area contributed by atoms with Crippen LogP contribution in [0, 0.1) is 0 Å². The van der Waals surface area contributed by atoms with E-state index in [4.69, 9.17) is 9.15 Å². The Labute approximate surface area is 117 Å². The van der Waals surface area contributed by atoms with Crippen LogP contribution in [-0.2, 0) is 19.1 Å². The molecule has 0 amide bonds. The van der Waals surface area contributed by atoms with E-state index in [0.717, 1.165) is 12.3 Å². The number of carbonyl (C=O) groups excluding carboxylic acids is 3. The molecule has 1 aromatic heterocycles. The van der Waals surface area contributed by atoms with Crippen LogP contribution in [0.3, 0.4) is 0 Å². The van der Waals surface area contributed by atoms with Gasteiger partial charge in [0, 0.05) is 12.5 Å². The number of fused-ring (bicyclic) bond motifs is 1. The van der Waals surface area contributed by atoms with Crippen molar-refractivity contribution < 1.29 is 23.5 Å². The van der Waals surface area contributed by atoms with Gasteiger partial charge in [-0.2, -0.15) is 0 Å². The fraction of sp³-hybridized carbons (Fsp3) is 0.143. The lowest BCUT2D eigenvalue weighted by molar-refractivity contribution is -0.139. The lowest BCUT2D eigenvalue weighted by Crippen LogP contribution is -2.25. The number of H-pyrrole nitrogens is 1. The Morgan fingerprint density at radius 2 is 1.90 bits per heavy atom. The molecule has 0 bridgehead atoms. The van der Waals surface area contributed by atoms with Gasteiger partial charge >= 0.3 is 11.7 Å². The minimum atomic E-state index is -0.791. The molecule has 108 valence electrons. The quantitative estimate of drug-likeness (QED) is 0.488. The van der Waals surface area contributed by atoms with Gasteiger partial charge in [-0.25, -0.2) is 4.79 Å². The second-order valence-corrected chi connectivity index (χ2v) is 4.15. The number of carbonyl (C=O) groups is 3. The third kappa shape index (κ3) is 4.27. The number of ketones is 2. The van der Waals surface area contributed by atoms with Crippen molar-refractivity contribution >= 4 is 29.9 Å². The summed E-state index contributed by atoms with van der Waals surface area (Å²) in [5.41, 5.74) is -0.102. The highest BCUT2D eigenvalue weighted by molar-refractivity contribution is 6.13. The van der Waals surface area contributed by atoms with Gasteiger partial charge in [0.1, 0.15) is 18.5 Å². The van der Waals surface area contributed by atoms with Gasteiger partial charge in [-0.1, -0.05) is 18.2 Å². The highest BCUT2D eigenvalue weighted by Crippen LogP contribution is 1.96. The number of oxazole rings is 1. The number of allylic oxidation sites excluding steroid dienone is 4. The second kappa shape index (κ2) is 6.47. The molecule has 0 atom stereocenters. The topological polar surface area (TPSA) is 106 Å². The number of nitrogens with one attached hydrogen (secondary N) is 1. The Morgan fingerprint density at radius 3 is 2.71 bits per heavy atom. The van der Waals surface area contributed by atoms with Crippen LogP contribution in [0.2, 0.25) is 0 Å². The number of rotatable bonds is 0. The van der Waals surface area contributed by atoms with Gasteiger partial charge in [0.25, 0.3) is 0 Å². The summed E-state index contributed by atoms with van der Waals surface area (Å²) in [7, 11) is 0. The van der Waals surface area contributed by atoms with E-state index in [1.807, 2.05) is 0 Å². The number of esters is 1. The number of aromatic nitrogens is 1. The van der Waals surface area contributed by atoms with E-state index >= 15 is 0 Å². The van der Waals surface area contributed by atoms with Crippen molar-refractivity contribution in [3.8, 4) is 0 Å². The maximum atomic E-state index is 11.6. The molecule has 0 radical (unpaired) electrons. The maximum absolute atomic E-state index is 11.6. The van der Waals surface area contributed by atoms with Crippen LogP contribution in [0.1, 0.15) is 12.8 Å². The SMILES string of the molecule is O=C1/C=C/C=C/CC(=O)CC(=O)O/C=c2\oc(=O)[nH]\c2=C\1. The minimum absolute atomic E-state index is 0.0574. The summed E-state index contributed by atoms with van der Waals surface area (Å²) in [6.45, 7) is 0. The highest BCUT2D eigenvalue weighted by Gasteiger charge is 2.09. The molecule has 0 saturated heterocycles. The van der Waals surface area contributed by atoms with Crippen molar-refractivity contribution in [2.24, 2.45) is 0 Å². The van der Waals surface area contributed by atoms with Gasteiger partial charge in [0.2, 0.25) is 0 Å². The maximum Gasteiger partial charge on any atom is 0.417 e. The van der Waals surface area contributed by atoms with Gasteiger partial charge in [-0.3, -0.25) is 19.4 Å². The zero-order valence-electron chi connectivity index (χ0n) is 10.8. The summed E-state index contributed by atoms with van der Waals surface area (Å²) < 4.78 is 9.46. The molecule has 0 spiro atoms. The van der Waals surface area contributed by atoms with E-state index in [1.165, 1.54) is 24.3 Å². The van der Waals surface area contributed by atoms with Gasteiger partial charge < -0.3 is 9.15 Å². The van der Waals surface area contributed by atoms with Gasteiger partial charge in [0.15, 0.2) is 11.2 Å². The summed E-state index contributed by atoms with van der Waals surface area (Å²) in [6.07, 6.45) is 7.44. The Balaban J connectivity index is 2.47. The molecule has 0 fully saturated rings. The lowest BCUT2D eigenvalue weighted by Gasteiger charge is -1.96. The summed E-state index contributed by atoms with van der Waals surface area (Å²) in [4.78, 5) is 47.9. The summed E-state index contributed by atoms with van der Waals surface area (Å²) in [6, 6.07) is 0. The average Bonchev–Trinajstić information content (AvgIpc) is 2.75. The van der Waals surface area contributed by atoms with Gasteiger partial charge in [0.05, 0.1) is 5.35 Å².